The van der Waals surface area contributed by atoms with E-state index in [4.69, 9.17) is 4.98 Å². The van der Waals surface area contributed by atoms with Gasteiger partial charge >= 0.3 is 0 Å². The number of hydrogen-bond acceptors (Lipinski definition) is 2. The molecule has 0 saturated heterocycles. The lowest BCUT2D eigenvalue weighted by Gasteiger charge is -2.13. The molecule has 8 rings (SSSR count). The Kier molecular flexibility index (Phi) is 5.82. The SMILES string of the molecule is c1ccc(-c2ccc3c(-c4ccc(-c5cccc6cccnc56)cc4)cc(-c4ccc5ccccc5c4)nc3c2)cc1. The Morgan fingerprint density at radius 2 is 1.07 bits per heavy atom. The second-order valence-corrected chi connectivity index (χ2v) is 10.7. The molecular formula is C40H26N2. The van der Waals surface area contributed by atoms with Crippen molar-refractivity contribution in [1.82, 2.24) is 9.97 Å². The molecule has 0 aliphatic heterocycles. The molecule has 0 aliphatic carbocycles. The summed E-state index contributed by atoms with van der Waals surface area (Å²) in [7, 11) is 0. The molecule has 2 nitrogen and oxygen atoms in total. The molecule has 6 aromatic carbocycles. The zero-order valence-corrected chi connectivity index (χ0v) is 22.9. The monoisotopic (exact) mass is 534 g/mol. The molecule has 0 unspecified atom stereocenters. The number of pyridine rings is 2. The van der Waals surface area contributed by atoms with Gasteiger partial charge in [-0.3, -0.25) is 4.98 Å². The summed E-state index contributed by atoms with van der Waals surface area (Å²) in [4.78, 5) is 9.89. The third-order valence-corrected chi connectivity index (χ3v) is 8.10. The smallest absolute Gasteiger partial charge is 0.0780 e. The number of aromatic nitrogens is 2. The highest BCUT2D eigenvalue weighted by molar-refractivity contribution is 6.00. The standard InChI is InChI=1S/C40H26N2/c1-2-8-27(9-3-1)33-21-22-36-37(26-38(42-39(36)25-33)34-20-15-28-10-4-5-11-32(28)24-34)30-18-16-29(17-19-30)35-14-6-12-31-13-7-23-41-40(31)35/h1-26H. The van der Waals surface area contributed by atoms with Gasteiger partial charge in [0.05, 0.1) is 16.7 Å². The molecule has 8 aromatic rings. The molecule has 0 bridgehead atoms. The van der Waals surface area contributed by atoms with E-state index in [0.29, 0.717) is 0 Å². The zero-order valence-electron chi connectivity index (χ0n) is 22.9. The molecule has 0 fully saturated rings. The number of hydrogen-bond donors (Lipinski definition) is 0. The first-order valence-corrected chi connectivity index (χ1v) is 14.2. The Morgan fingerprint density at radius 3 is 1.93 bits per heavy atom. The Bertz CT molecular complexity index is 2230. The van der Waals surface area contributed by atoms with Crippen LogP contribution in [0.3, 0.4) is 0 Å². The van der Waals surface area contributed by atoms with Crippen molar-refractivity contribution in [2.45, 2.75) is 0 Å². The summed E-state index contributed by atoms with van der Waals surface area (Å²) in [6.07, 6.45) is 1.86. The van der Waals surface area contributed by atoms with Crippen LogP contribution in [-0.4, -0.2) is 9.97 Å². The van der Waals surface area contributed by atoms with Gasteiger partial charge in [0.25, 0.3) is 0 Å². The lowest BCUT2D eigenvalue weighted by Crippen LogP contribution is -1.91. The van der Waals surface area contributed by atoms with Crippen LogP contribution in [0.25, 0.3) is 77.2 Å². The van der Waals surface area contributed by atoms with E-state index in [2.05, 4.69) is 151 Å². The number of benzene rings is 6. The van der Waals surface area contributed by atoms with Gasteiger partial charge in [-0.15, -0.1) is 0 Å². The Hall–Kier alpha value is -5.60. The quantitative estimate of drug-likeness (QED) is 0.224. The molecule has 0 radical (unpaired) electrons. The molecule has 0 amide bonds. The molecule has 2 heteroatoms. The summed E-state index contributed by atoms with van der Waals surface area (Å²) in [6.45, 7) is 0. The molecule has 42 heavy (non-hydrogen) atoms. The first kappa shape index (κ1) is 24.2. The summed E-state index contributed by atoms with van der Waals surface area (Å²) in [5, 5.41) is 4.73. The van der Waals surface area contributed by atoms with Crippen molar-refractivity contribution in [2.75, 3.05) is 0 Å². The van der Waals surface area contributed by atoms with Gasteiger partial charge in [0.2, 0.25) is 0 Å². The minimum atomic E-state index is 0.968. The lowest BCUT2D eigenvalue weighted by atomic mass is 9.94. The number of fused-ring (bicyclic) bond motifs is 3. The van der Waals surface area contributed by atoms with Crippen LogP contribution in [0.2, 0.25) is 0 Å². The van der Waals surface area contributed by atoms with E-state index in [1.54, 1.807) is 0 Å². The van der Waals surface area contributed by atoms with Crippen LogP contribution in [-0.2, 0) is 0 Å². The molecule has 0 N–H and O–H groups in total. The fraction of sp³-hybridized carbons (Fsp3) is 0. The maximum atomic E-state index is 5.22. The van der Waals surface area contributed by atoms with Crippen molar-refractivity contribution in [3.63, 3.8) is 0 Å². The number of rotatable bonds is 4. The van der Waals surface area contributed by atoms with Gasteiger partial charge in [-0.2, -0.15) is 0 Å². The Morgan fingerprint density at radius 1 is 0.381 bits per heavy atom. The van der Waals surface area contributed by atoms with Crippen LogP contribution < -0.4 is 0 Å². The molecule has 2 heterocycles. The first-order valence-electron chi connectivity index (χ1n) is 14.2. The van der Waals surface area contributed by atoms with Gasteiger partial charge in [-0.25, -0.2) is 4.98 Å². The molecule has 2 aromatic heterocycles. The first-order chi connectivity index (χ1) is 20.8. The highest BCUT2D eigenvalue weighted by Crippen LogP contribution is 2.36. The van der Waals surface area contributed by atoms with E-state index < -0.39 is 0 Å². The number of para-hydroxylation sites is 1. The Labute approximate surface area is 244 Å². The summed E-state index contributed by atoms with van der Waals surface area (Å²) < 4.78 is 0. The zero-order chi connectivity index (χ0) is 27.9. The van der Waals surface area contributed by atoms with E-state index in [1.807, 2.05) is 12.3 Å². The van der Waals surface area contributed by atoms with Crippen molar-refractivity contribution >= 4 is 32.6 Å². The van der Waals surface area contributed by atoms with Crippen LogP contribution >= 0.6 is 0 Å². The fourth-order valence-corrected chi connectivity index (χ4v) is 5.94. The average molecular weight is 535 g/mol. The van der Waals surface area contributed by atoms with E-state index in [1.165, 1.54) is 21.9 Å². The van der Waals surface area contributed by atoms with Gasteiger partial charge < -0.3 is 0 Å². The lowest BCUT2D eigenvalue weighted by molar-refractivity contribution is 1.40. The van der Waals surface area contributed by atoms with Crippen LogP contribution in [0.15, 0.2) is 158 Å². The largest absolute Gasteiger partial charge is 0.256 e. The van der Waals surface area contributed by atoms with Gasteiger partial charge in [-0.1, -0.05) is 127 Å². The molecule has 0 aliphatic rings. The van der Waals surface area contributed by atoms with Crippen molar-refractivity contribution in [2.24, 2.45) is 0 Å². The van der Waals surface area contributed by atoms with Crippen molar-refractivity contribution < 1.29 is 0 Å². The van der Waals surface area contributed by atoms with E-state index in [9.17, 15) is 0 Å². The second-order valence-electron chi connectivity index (χ2n) is 10.7. The summed E-state index contributed by atoms with van der Waals surface area (Å²) in [5.41, 5.74) is 11.1. The predicted octanol–water partition coefficient (Wildman–Crippen LogP) is 10.6. The van der Waals surface area contributed by atoms with Gasteiger partial charge in [-0.05, 0) is 62.9 Å². The maximum Gasteiger partial charge on any atom is 0.0780 e. The Balaban J connectivity index is 1.30. The highest BCUT2D eigenvalue weighted by Gasteiger charge is 2.13. The minimum absolute atomic E-state index is 0.968. The predicted molar refractivity (Wildman–Crippen MR) is 176 cm³/mol. The van der Waals surface area contributed by atoms with E-state index in [0.717, 1.165) is 55.3 Å². The van der Waals surface area contributed by atoms with Gasteiger partial charge in [0.15, 0.2) is 0 Å². The summed E-state index contributed by atoms with van der Waals surface area (Å²) in [6, 6.07) is 53.8. The second kappa shape index (κ2) is 10.1. The normalized spacial score (nSPS) is 11.3. The molecule has 196 valence electrons. The summed E-state index contributed by atoms with van der Waals surface area (Å²) in [5.74, 6) is 0. The van der Waals surface area contributed by atoms with Crippen LogP contribution in [0, 0.1) is 0 Å². The van der Waals surface area contributed by atoms with Crippen LogP contribution in [0.1, 0.15) is 0 Å². The van der Waals surface area contributed by atoms with Crippen molar-refractivity contribution in [3.8, 4) is 44.6 Å². The minimum Gasteiger partial charge on any atom is -0.256 e. The van der Waals surface area contributed by atoms with Crippen molar-refractivity contribution in [3.05, 3.63) is 158 Å². The highest BCUT2D eigenvalue weighted by atomic mass is 14.7. The molecule has 0 atom stereocenters. The summed E-state index contributed by atoms with van der Waals surface area (Å²) >= 11 is 0. The van der Waals surface area contributed by atoms with E-state index >= 15 is 0 Å². The average Bonchev–Trinajstić information content (AvgIpc) is 3.07. The molecule has 0 spiro atoms. The molecular weight excluding hydrogens is 508 g/mol. The van der Waals surface area contributed by atoms with Crippen LogP contribution in [0.5, 0.6) is 0 Å². The van der Waals surface area contributed by atoms with Crippen molar-refractivity contribution in [1.29, 1.82) is 0 Å². The van der Waals surface area contributed by atoms with Gasteiger partial charge in [0.1, 0.15) is 0 Å². The van der Waals surface area contributed by atoms with Crippen LogP contribution in [0.4, 0.5) is 0 Å². The van der Waals surface area contributed by atoms with Gasteiger partial charge in [0, 0.05) is 28.1 Å². The maximum absolute atomic E-state index is 5.22. The fourth-order valence-electron chi connectivity index (χ4n) is 5.94. The van der Waals surface area contributed by atoms with E-state index in [-0.39, 0.29) is 0 Å². The third-order valence-electron chi connectivity index (χ3n) is 8.10. The third kappa shape index (κ3) is 4.31. The molecule has 0 saturated carbocycles. The topological polar surface area (TPSA) is 25.8 Å². The number of nitrogens with zero attached hydrogens (tertiary/aromatic N) is 2.